The summed E-state index contributed by atoms with van der Waals surface area (Å²) in [4.78, 5) is 2.31. The molecule has 1 N–H and O–H groups in total. The predicted octanol–water partition coefficient (Wildman–Crippen LogP) is 2.56. The van der Waals surface area contributed by atoms with Crippen LogP contribution in [0.1, 0.15) is 31.9 Å². The lowest BCUT2D eigenvalue weighted by atomic mass is 10.00. The molecule has 1 atom stereocenters. The van der Waals surface area contributed by atoms with E-state index in [0.717, 1.165) is 26.1 Å². The first-order valence-corrected chi connectivity index (χ1v) is 7.33. The molecule has 0 aliphatic carbocycles. The molecule has 112 valence electrons. The zero-order valence-corrected chi connectivity index (χ0v) is 13.0. The van der Waals surface area contributed by atoms with Crippen molar-refractivity contribution in [3.63, 3.8) is 0 Å². The molecule has 2 rings (SSSR count). The van der Waals surface area contributed by atoms with Gasteiger partial charge in [0.05, 0.1) is 13.1 Å². The highest BCUT2D eigenvalue weighted by Crippen LogP contribution is 2.34. The molecule has 0 saturated carbocycles. The number of methoxy groups -OCH3 is 2. The van der Waals surface area contributed by atoms with Gasteiger partial charge in [-0.1, -0.05) is 25.1 Å². The van der Waals surface area contributed by atoms with Crippen molar-refractivity contribution in [2.75, 3.05) is 38.8 Å². The van der Waals surface area contributed by atoms with Crippen molar-refractivity contribution in [2.45, 2.75) is 32.1 Å². The highest BCUT2D eigenvalue weighted by Gasteiger charge is 2.44. The highest BCUT2D eigenvalue weighted by molar-refractivity contribution is 5.57. The van der Waals surface area contributed by atoms with Crippen LogP contribution in [0.25, 0.3) is 0 Å². The normalized spacial score (nSPS) is 18.7. The Hall–Kier alpha value is -1.10. The lowest BCUT2D eigenvalue weighted by Crippen LogP contribution is -2.64. The van der Waals surface area contributed by atoms with Crippen molar-refractivity contribution in [3.05, 3.63) is 29.8 Å². The third kappa shape index (κ3) is 2.97. The van der Waals surface area contributed by atoms with Crippen molar-refractivity contribution in [1.82, 2.24) is 5.32 Å². The van der Waals surface area contributed by atoms with Crippen LogP contribution < -0.4 is 10.2 Å². The fourth-order valence-electron chi connectivity index (χ4n) is 2.66. The first kappa shape index (κ1) is 15.3. The topological polar surface area (TPSA) is 33.7 Å². The maximum atomic E-state index is 5.46. The molecule has 1 aliphatic rings. The molecule has 0 aromatic heterocycles. The molecule has 4 nitrogen and oxygen atoms in total. The minimum atomic E-state index is -0.437. The van der Waals surface area contributed by atoms with Crippen molar-refractivity contribution in [1.29, 1.82) is 0 Å². The van der Waals surface area contributed by atoms with E-state index in [-0.39, 0.29) is 0 Å². The fraction of sp³-hybridized carbons (Fsp3) is 0.625. The summed E-state index contributed by atoms with van der Waals surface area (Å²) in [5.74, 6) is -0.437. The number of para-hydroxylation sites is 1. The molecule has 1 aromatic rings. The summed E-state index contributed by atoms with van der Waals surface area (Å²) in [5.41, 5.74) is 2.61. The molecule has 1 unspecified atom stereocenters. The van der Waals surface area contributed by atoms with E-state index in [1.807, 2.05) is 0 Å². The molecule has 1 aromatic carbocycles. The monoisotopic (exact) mass is 278 g/mol. The van der Waals surface area contributed by atoms with Crippen LogP contribution in [-0.4, -0.2) is 39.6 Å². The summed E-state index contributed by atoms with van der Waals surface area (Å²) >= 11 is 0. The van der Waals surface area contributed by atoms with Crippen molar-refractivity contribution >= 4 is 5.69 Å². The Labute approximate surface area is 122 Å². The quantitative estimate of drug-likeness (QED) is 0.777. The molecule has 20 heavy (non-hydrogen) atoms. The Kier molecular flexibility index (Phi) is 5.02. The number of nitrogens with one attached hydrogen (secondary N) is 1. The lowest BCUT2D eigenvalue weighted by Gasteiger charge is -2.49. The largest absolute Gasteiger partial charge is 0.360 e. The molecule has 4 heteroatoms. The molecule has 1 fully saturated rings. The van der Waals surface area contributed by atoms with Crippen molar-refractivity contribution in [2.24, 2.45) is 0 Å². The average Bonchev–Trinajstić information content (AvgIpc) is 2.45. The SMILES string of the molecule is CCCNC(C)c1ccccc1N1CC(OC)(OC)C1. The van der Waals surface area contributed by atoms with Crippen LogP contribution in [-0.2, 0) is 9.47 Å². The van der Waals surface area contributed by atoms with Crippen LogP contribution in [0.3, 0.4) is 0 Å². The van der Waals surface area contributed by atoms with Gasteiger partial charge in [0.25, 0.3) is 0 Å². The molecule has 0 bridgehead atoms. The van der Waals surface area contributed by atoms with Crippen LogP contribution in [0.5, 0.6) is 0 Å². The second kappa shape index (κ2) is 6.57. The third-order valence-corrected chi connectivity index (χ3v) is 4.05. The molecule has 1 saturated heterocycles. The summed E-state index contributed by atoms with van der Waals surface area (Å²) in [6.45, 7) is 6.99. The average molecular weight is 278 g/mol. The first-order chi connectivity index (χ1) is 9.65. The van der Waals surface area contributed by atoms with E-state index >= 15 is 0 Å². The van der Waals surface area contributed by atoms with Gasteiger partial charge in [0.2, 0.25) is 5.79 Å². The molecule has 1 aliphatic heterocycles. The van der Waals surface area contributed by atoms with Crippen LogP contribution in [0.2, 0.25) is 0 Å². The number of hydrogen-bond acceptors (Lipinski definition) is 4. The van der Waals surface area contributed by atoms with Gasteiger partial charge < -0.3 is 19.7 Å². The summed E-state index contributed by atoms with van der Waals surface area (Å²) in [5, 5.41) is 3.55. The Balaban J connectivity index is 2.10. The van der Waals surface area contributed by atoms with Crippen molar-refractivity contribution < 1.29 is 9.47 Å². The number of hydrogen-bond donors (Lipinski definition) is 1. The molecule has 1 heterocycles. The Morgan fingerprint density at radius 2 is 1.90 bits per heavy atom. The van der Waals surface area contributed by atoms with E-state index < -0.39 is 5.79 Å². The maximum Gasteiger partial charge on any atom is 0.203 e. The number of rotatable bonds is 7. The summed E-state index contributed by atoms with van der Waals surface area (Å²) < 4.78 is 10.9. The van der Waals surface area contributed by atoms with E-state index in [9.17, 15) is 0 Å². The first-order valence-electron chi connectivity index (χ1n) is 7.33. The molecular formula is C16H26N2O2. The zero-order valence-electron chi connectivity index (χ0n) is 13.0. The third-order valence-electron chi connectivity index (χ3n) is 4.05. The van der Waals surface area contributed by atoms with Gasteiger partial charge in [-0.25, -0.2) is 0 Å². The van der Waals surface area contributed by atoms with Crippen LogP contribution in [0.15, 0.2) is 24.3 Å². The minimum absolute atomic E-state index is 0.353. The maximum absolute atomic E-state index is 5.46. The standard InChI is InChI=1S/C16H26N2O2/c1-5-10-17-13(2)14-8-6-7-9-15(14)18-11-16(12-18,19-3)20-4/h6-9,13,17H,5,10-12H2,1-4H3. The number of benzene rings is 1. The number of nitrogens with zero attached hydrogens (tertiary/aromatic N) is 1. The van der Waals surface area contributed by atoms with Crippen LogP contribution in [0, 0.1) is 0 Å². The Morgan fingerprint density at radius 3 is 2.50 bits per heavy atom. The number of anilines is 1. The zero-order chi connectivity index (χ0) is 14.6. The fourth-order valence-corrected chi connectivity index (χ4v) is 2.66. The lowest BCUT2D eigenvalue weighted by molar-refractivity contribution is -0.219. The van der Waals surface area contributed by atoms with E-state index in [1.54, 1.807) is 14.2 Å². The number of ether oxygens (including phenoxy) is 2. The predicted molar refractivity (Wildman–Crippen MR) is 82.1 cm³/mol. The molecule has 0 amide bonds. The van der Waals surface area contributed by atoms with Gasteiger partial charge in [-0.05, 0) is 31.5 Å². The summed E-state index contributed by atoms with van der Waals surface area (Å²) in [6.07, 6.45) is 1.15. The van der Waals surface area contributed by atoms with Gasteiger partial charge >= 0.3 is 0 Å². The molecule has 0 radical (unpaired) electrons. The van der Waals surface area contributed by atoms with Crippen LogP contribution >= 0.6 is 0 Å². The summed E-state index contributed by atoms with van der Waals surface area (Å²) in [7, 11) is 3.41. The molecular weight excluding hydrogens is 252 g/mol. The molecule has 0 spiro atoms. The minimum Gasteiger partial charge on any atom is -0.360 e. The summed E-state index contributed by atoms with van der Waals surface area (Å²) in [6, 6.07) is 8.91. The van der Waals surface area contributed by atoms with Crippen molar-refractivity contribution in [3.8, 4) is 0 Å². The second-order valence-electron chi connectivity index (χ2n) is 5.41. The van der Waals surface area contributed by atoms with E-state index in [4.69, 9.17) is 9.47 Å². The van der Waals surface area contributed by atoms with Gasteiger partial charge in [-0.15, -0.1) is 0 Å². The smallest absolute Gasteiger partial charge is 0.203 e. The van der Waals surface area contributed by atoms with Gasteiger partial charge in [0, 0.05) is 25.9 Å². The van der Waals surface area contributed by atoms with E-state index in [2.05, 4.69) is 48.3 Å². The Bertz CT molecular complexity index is 424. The van der Waals surface area contributed by atoms with Gasteiger partial charge in [0.15, 0.2) is 0 Å². The van der Waals surface area contributed by atoms with E-state index in [0.29, 0.717) is 6.04 Å². The Morgan fingerprint density at radius 1 is 1.25 bits per heavy atom. The van der Waals surface area contributed by atoms with Gasteiger partial charge in [-0.3, -0.25) is 0 Å². The van der Waals surface area contributed by atoms with Gasteiger partial charge in [-0.2, -0.15) is 0 Å². The van der Waals surface area contributed by atoms with Gasteiger partial charge in [0.1, 0.15) is 0 Å². The van der Waals surface area contributed by atoms with E-state index in [1.165, 1.54) is 11.3 Å². The highest BCUT2D eigenvalue weighted by atomic mass is 16.7. The van der Waals surface area contributed by atoms with Crippen LogP contribution in [0.4, 0.5) is 5.69 Å². The second-order valence-corrected chi connectivity index (χ2v) is 5.41.